The zero-order valence-electron chi connectivity index (χ0n) is 10.9. The molecule has 0 amide bonds. The van der Waals surface area contributed by atoms with Gasteiger partial charge in [0.2, 0.25) is 0 Å². The molecule has 0 saturated carbocycles. The molecule has 3 nitrogen and oxygen atoms in total. The molecule has 0 aromatic carbocycles. The topological polar surface area (TPSA) is 18.5 Å². The van der Waals surface area contributed by atoms with Gasteiger partial charge >= 0.3 is 0 Å². The Balaban J connectivity index is 1.88. The van der Waals surface area contributed by atoms with Gasteiger partial charge in [-0.3, -0.25) is 4.90 Å². The Bertz CT molecular complexity index is 201. The van der Waals surface area contributed by atoms with Crippen LogP contribution in [0, 0.1) is 5.92 Å². The molecule has 0 bridgehead atoms. The summed E-state index contributed by atoms with van der Waals surface area (Å²) >= 11 is 0. The van der Waals surface area contributed by atoms with Gasteiger partial charge in [0.15, 0.2) is 0 Å². The molecule has 0 aromatic heterocycles. The van der Waals surface area contributed by atoms with E-state index in [2.05, 4.69) is 29.1 Å². The number of nitrogens with one attached hydrogen (secondary N) is 1. The fourth-order valence-corrected chi connectivity index (χ4v) is 3.12. The maximum Gasteiger partial charge on any atom is 0.0220 e. The maximum atomic E-state index is 3.48. The Labute approximate surface area is 100 Å². The van der Waals surface area contributed by atoms with Crippen LogP contribution in [0.1, 0.15) is 26.2 Å². The summed E-state index contributed by atoms with van der Waals surface area (Å²) in [6.45, 7) is 9.97. The molecule has 0 aromatic rings. The molecule has 2 aliphatic rings. The summed E-state index contributed by atoms with van der Waals surface area (Å²) in [6.07, 6.45) is 4.01. The standard InChI is InChI=1S/C13H27N3/c1-3-13-11-15(2)7-4-8-16(13)10-12-5-6-14-9-12/h12-14H,3-11H2,1-2H3. The molecule has 0 aliphatic carbocycles. The molecule has 3 heteroatoms. The largest absolute Gasteiger partial charge is 0.316 e. The van der Waals surface area contributed by atoms with Crippen molar-refractivity contribution in [2.24, 2.45) is 5.92 Å². The maximum absolute atomic E-state index is 3.48. The molecule has 2 atom stereocenters. The molecule has 0 spiro atoms. The molecule has 16 heavy (non-hydrogen) atoms. The summed E-state index contributed by atoms with van der Waals surface area (Å²) in [5, 5.41) is 3.48. The van der Waals surface area contributed by atoms with Crippen LogP contribution in [0.5, 0.6) is 0 Å². The van der Waals surface area contributed by atoms with Gasteiger partial charge in [0.1, 0.15) is 0 Å². The predicted octanol–water partition coefficient (Wildman–Crippen LogP) is 1.01. The third kappa shape index (κ3) is 3.19. The average Bonchev–Trinajstić information content (AvgIpc) is 2.70. The summed E-state index contributed by atoms with van der Waals surface area (Å²) in [5.74, 6) is 0.900. The van der Waals surface area contributed by atoms with Crippen LogP contribution in [0.3, 0.4) is 0 Å². The fraction of sp³-hybridized carbons (Fsp3) is 1.00. The Morgan fingerprint density at radius 3 is 2.88 bits per heavy atom. The highest BCUT2D eigenvalue weighted by Crippen LogP contribution is 2.17. The third-order valence-electron chi connectivity index (χ3n) is 4.15. The zero-order chi connectivity index (χ0) is 11.4. The second kappa shape index (κ2) is 5.99. The van der Waals surface area contributed by atoms with E-state index in [-0.39, 0.29) is 0 Å². The number of likely N-dealkylation sites (N-methyl/N-ethyl adjacent to an activating group) is 1. The molecular formula is C13H27N3. The van der Waals surface area contributed by atoms with Gasteiger partial charge in [-0.25, -0.2) is 0 Å². The molecule has 2 fully saturated rings. The van der Waals surface area contributed by atoms with Crippen LogP contribution >= 0.6 is 0 Å². The molecule has 2 saturated heterocycles. The Morgan fingerprint density at radius 2 is 2.19 bits per heavy atom. The lowest BCUT2D eigenvalue weighted by atomic mass is 10.1. The first-order valence-corrected chi connectivity index (χ1v) is 6.93. The molecule has 2 aliphatic heterocycles. The molecular weight excluding hydrogens is 198 g/mol. The van der Waals surface area contributed by atoms with Gasteiger partial charge in [0.05, 0.1) is 0 Å². The lowest BCUT2D eigenvalue weighted by Gasteiger charge is -2.32. The molecule has 94 valence electrons. The van der Waals surface area contributed by atoms with E-state index in [1.807, 2.05) is 0 Å². The van der Waals surface area contributed by atoms with Crippen molar-refractivity contribution in [3.63, 3.8) is 0 Å². The second-order valence-corrected chi connectivity index (χ2v) is 5.53. The Kier molecular flexibility index (Phi) is 4.62. The SMILES string of the molecule is CCC1CN(C)CCCN1CC1CCNC1. The van der Waals surface area contributed by atoms with Crippen molar-refractivity contribution in [2.75, 3.05) is 46.3 Å². The average molecular weight is 225 g/mol. The van der Waals surface area contributed by atoms with Crippen molar-refractivity contribution in [2.45, 2.75) is 32.2 Å². The van der Waals surface area contributed by atoms with Crippen molar-refractivity contribution in [1.29, 1.82) is 0 Å². The molecule has 1 N–H and O–H groups in total. The predicted molar refractivity (Wildman–Crippen MR) is 68.7 cm³/mol. The number of rotatable bonds is 3. The minimum Gasteiger partial charge on any atom is -0.316 e. The van der Waals surface area contributed by atoms with Gasteiger partial charge in [-0.2, -0.15) is 0 Å². The van der Waals surface area contributed by atoms with E-state index in [0.717, 1.165) is 12.0 Å². The monoisotopic (exact) mass is 225 g/mol. The summed E-state index contributed by atoms with van der Waals surface area (Å²) in [4.78, 5) is 5.25. The van der Waals surface area contributed by atoms with Crippen molar-refractivity contribution < 1.29 is 0 Å². The van der Waals surface area contributed by atoms with Crippen molar-refractivity contribution >= 4 is 0 Å². The van der Waals surface area contributed by atoms with Crippen LogP contribution in [0.2, 0.25) is 0 Å². The number of nitrogens with zero attached hydrogens (tertiary/aromatic N) is 2. The number of hydrogen-bond donors (Lipinski definition) is 1. The first kappa shape index (κ1) is 12.3. The first-order chi connectivity index (χ1) is 7.79. The van der Waals surface area contributed by atoms with Crippen LogP contribution in [-0.2, 0) is 0 Å². The third-order valence-corrected chi connectivity index (χ3v) is 4.15. The quantitative estimate of drug-likeness (QED) is 0.773. The summed E-state index contributed by atoms with van der Waals surface area (Å²) < 4.78 is 0. The van der Waals surface area contributed by atoms with E-state index in [0.29, 0.717) is 0 Å². The zero-order valence-corrected chi connectivity index (χ0v) is 10.9. The van der Waals surface area contributed by atoms with E-state index in [1.165, 1.54) is 58.5 Å². The van der Waals surface area contributed by atoms with Crippen molar-refractivity contribution in [1.82, 2.24) is 15.1 Å². The van der Waals surface area contributed by atoms with E-state index in [4.69, 9.17) is 0 Å². The second-order valence-electron chi connectivity index (χ2n) is 5.53. The van der Waals surface area contributed by atoms with Crippen LogP contribution in [0.15, 0.2) is 0 Å². The van der Waals surface area contributed by atoms with Crippen LogP contribution < -0.4 is 5.32 Å². The van der Waals surface area contributed by atoms with Crippen LogP contribution in [0.25, 0.3) is 0 Å². The molecule has 0 radical (unpaired) electrons. The van der Waals surface area contributed by atoms with E-state index >= 15 is 0 Å². The highest BCUT2D eigenvalue weighted by atomic mass is 15.2. The fourth-order valence-electron chi connectivity index (χ4n) is 3.12. The highest BCUT2D eigenvalue weighted by Gasteiger charge is 2.25. The lowest BCUT2D eigenvalue weighted by Crippen LogP contribution is -2.42. The summed E-state index contributed by atoms with van der Waals surface area (Å²) in [5.41, 5.74) is 0. The van der Waals surface area contributed by atoms with Gasteiger partial charge in [-0.05, 0) is 58.4 Å². The van der Waals surface area contributed by atoms with E-state index in [9.17, 15) is 0 Å². The Morgan fingerprint density at radius 1 is 1.31 bits per heavy atom. The van der Waals surface area contributed by atoms with Crippen LogP contribution in [0.4, 0.5) is 0 Å². The minimum absolute atomic E-state index is 0.785. The van der Waals surface area contributed by atoms with E-state index in [1.54, 1.807) is 0 Å². The normalized spacial score (nSPS) is 34.1. The van der Waals surface area contributed by atoms with Crippen LogP contribution in [-0.4, -0.2) is 62.2 Å². The summed E-state index contributed by atoms with van der Waals surface area (Å²) in [6, 6.07) is 0.785. The van der Waals surface area contributed by atoms with Gasteiger partial charge in [-0.15, -0.1) is 0 Å². The van der Waals surface area contributed by atoms with Gasteiger partial charge < -0.3 is 10.2 Å². The van der Waals surface area contributed by atoms with Gasteiger partial charge in [0, 0.05) is 19.1 Å². The first-order valence-electron chi connectivity index (χ1n) is 6.93. The minimum atomic E-state index is 0.785. The van der Waals surface area contributed by atoms with E-state index < -0.39 is 0 Å². The molecule has 2 heterocycles. The highest BCUT2D eigenvalue weighted by molar-refractivity contribution is 4.82. The van der Waals surface area contributed by atoms with Gasteiger partial charge in [-0.1, -0.05) is 6.92 Å². The Hall–Kier alpha value is -0.120. The molecule has 2 unspecified atom stereocenters. The van der Waals surface area contributed by atoms with Crippen molar-refractivity contribution in [3.05, 3.63) is 0 Å². The van der Waals surface area contributed by atoms with Crippen molar-refractivity contribution in [3.8, 4) is 0 Å². The number of hydrogen-bond acceptors (Lipinski definition) is 3. The van der Waals surface area contributed by atoms with Gasteiger partial charge in [0.25, 0.3) is 0 Å². The smallest absolute Gasteiger partial charge is 0.0220 e. The summed E-state index contributed by atoms with van der Waals surface area (Å²) in [7, 11) is 2.27. The molecule has 2 rings (SSSR count). The lowest BCUT2D eigenvalue weighted by molar-refractivity contribution is 0.162.